The van der Waals surface area contributed by atoms with Crippen molar-refractivity contribution in [1.29, 1.82) is 0 Å². The third kappa shape index (κ3) is 4.25. The van der Waals surface area contributed by atoms with E-state index >= 15 is 0 Å². The number of carbonyl (C=O) groups excluding carboxylic acids is 1. The van der Waals surface area contributed by atoms with Gasteiger partial charge in [-0.1, -0.05) is 31.4 Å². The molecular weight excluding hydrogens is 256 g/mol. The van der Waals surface area contributed by atoms with Crippen molar-refractivity contribution >= 4 is 12.0 Å². The molecule has 2 aliphatic rings. The monoisotopic (exact) mass is 280 g/mol. The van der Waals surface area contributed by atoms with E-state index in [4.69, 9.17) is 5.11 Å². The number of hydrogen-bond donors (Lipinski definition) is 3. The first kappa shape index (κ1) is 14.9. The van der Waals surface area contributed by atoms with Crippen molar-refractivity contribution < 1.29 is 14.7 Å². The van der Waals surface area contributed by atoms with Crippen molar-refractivity contribution in [2.24, 2.45) is 5.41 Å². The molecule has 0 aromatic rings. The molecule has 5 heteroatoms. The summed E-state index contributed by atoms with van der Waals surface area (Å²) in [7, 11) is 0. The zero-order valence-electron chi connectivity index (χ0n) is 11.9. The molecule has 0 radical (unpaired) electrons. The van der Waals surface area contributed by atoms with E-state index in [1.165, 1.54) is 6.42 Å². The fourth-order valence-corrected chi connectivity index (χ4v) is 3.28. The summed E-state index contributed by atoms with van der Waals surface area (Å²) in [6, 6.07) is 0.0193. The number of aliphatic carboxylic acids is 1. The predicted molar refractivity (Wildman–Crippen MR) is 76.5 cm³/mol. The highest BCUT2D eigenvalue weighted by Crippen LogP contribution is 2.38. The summed E-state index contributed by atoms with van der Waals surface area (Å²) in [5.74, 6) is -0.769. The van der Waals surface area contributed by atoms with Crippen LogP contribution in [0.15, 0.2) is 12.2 Å². The smallest absolute Gasteiger partial charge is 0.315 e. The molecule has 1 saturated carbocycles. The largest absolute Gasteiger partial charge is 0.481 e. The number of carbonyl (C=O) groups is 2. The van der Waals surface area contributed by atoms with Crippen LogP contribution in [-0.4, -0.2) is 29.7 Å². The molecule has 2 rings (SSSR count). The molecule has 0 bridgehead atoms. The number of carboxylic acids is 1. The Morgan fingerprint density at radius 1 is 1.15 bits per heavy atom. The zero-order chi connectivity index (χ0) is 14.4. The van der Waals surface area contributed by atoms with Gasteiger partial charge in [-0.25, -0.2) is 4.79 Å². The maximum Gasteiger partial charge on any atom is 0.315 e. The lowest BCUT2D eigenvalue weighted by Crippen LogP contribution is -2.46. The Hall–Kier alpha value is -1.52. The van der Waals surface area contributed by atoms with Crippen LogP contribution < -0.4 is 10.6 Å². The second-order valence-electron chi connectivity index (χ2n) is 6.10. The Morgan fingerprint density at radius 3 is 2.40 bits per heavy atom. The average molecular weight is 280 g/mol. The number of hydrogen-bond acceptors (Lipinski definition) is 2. The number of rotatable bonds is 5. The Balaban J connectivity index is 1.81. The molecule has 0 aromatic heterocycles. The number of nitrogens with one attached hydrogen (secondary N) is 2. The average Bonchev–Trinajstić information content (AvgIpc) is 2.90. The first-order chi connectivity index (χ1) is 9.60. The molecule has 3 N–H and O–H groups in total. The van der Waals surface area contributed by atoms with Gasteiger partial charge in [0, 0.05) is 12.6 Å². The summed E-state index contributed by atoms with van der Waals surface area (Å²) >= 11 is 0. The van der Waals surface area contributed by atoms with Crippen LogP contribution in [0.1, 0.15) is 51.4 Å². The van der Waals surface area contributed by atoms with E-state index in [0.29, 0.717) is 6.54 Å². The Kier molecular flexibility index (Phi) is 5.04. The number of carboxylic acid groups (broad SMARTS) is 1. The molecule has 1 fully saturated rings. The molecule has 5 nitrogen and oxygen atoms in total. The highest BCUT2D eigenvalue weighted by molar-refractivity contribution is 5.74. The van der Waals surface area contributed by atoms with Crippen molar-refractivity contribution in [3.63, 3.8) is 0 Å². The van der Waals surface area contributed by atoms with Crippen LogP contribution in [0.25, 0.3) is 0 Å². The van der Waals surface area contributed by atoms with Gasteiger partial charge >= 0.3 is 12.0 Å². The van der Waals surface area contributed by atoms with E-state index in [2.05, 4.69) is 22.8 Å². The van der Waals surface area contributed by atoms with Crippen LogP contribution in [0.5, 0.6) is 0 Å². The minimum Gasteiger partial charge on any atom is -0.481 e. The highest BCUT2D eigenvalue weighted by atomic mass is 16.4. The van der Waals surface area contributed by atoms with E-state index in [-0.39, 0.29) is 23.9 Å². The molecule has 0 unspecified atom stereocenters. The lowest BCUT2D eigenvalue weighted by molar-refractivity contribution is -0.140. The molecule has 0 heterocycles. The maximum atomic E-state index is 11.9. The van der Waals surface area contributed by atoms with Gasteiger partial charge in [0.1, 0.15) is 0 Å². The molecule has 0 atom stereocenters. The Bertz CT molecular complexity index is 379. The van der Waals surface area contributed by atoms with Gasteiger partial charge in [-0.15, -0.1) is 0 Å². The molecule has 2 amide bonds. The second kappa shape index (κ2) is 6.77. The lowest BCUT2D eigenvalue weighted by Gasteiger charge is -2.36. The molecule has 0 spiro atoms. The van der Waals surface area contributed by atoms with Gasteiger partial charge in [-0.05, 0) is 31.1 Å². The van der Waals surface area contributed by atoms with E-state index in [1.807, 2.05) is 0 Å². The fraction of sp³-hybridized carbons (Fsp3) is 0.733. The second-order valence-corrected chi connectivity index (χ2v) is 6.10. The number of urea groups is 1. The van der Waals surface area contributed by atoms with Gasteiger partial charge in [-0.3, -0.25) is 4.79 Å². The molecule has 0 aromatic carbocycles. The zero-order valence-corrected chi connectivity index (χ0v) is 11.9. The van der Waals surface area contributed by atoms with Gasteiger partial charge < -0.3 is 15.7 Å². The van der Waals surface area contributed by atoms with E-state index < -0.39 is 5.97 Å². The summed E-state index contributed by atoms with van der Waals surface area (Å²) < 4.78 is 0. The van der Waals surface area contributed by atoms with E-state index in [0.717, 1.165) is 38.5 Å². The Labute approximate surface area is 119 Å². The van der Waals surface area contributed by atoms with Gasteiger partial charge in [0.2, 0.25) is 0 Å². The molecule has 0 saturated heterocycles. The van der Waals surface area contributed by atoms with Crippen LogP contribution in [-0.2, 0) is 4.79 Å². The van der Waals surface area contributed by atoms with Crippen LogP contribution in [0, 0.1) is 5.41 Å². The molecule has 2 aliphatic carbocycles. The van der Waals surface area contributed by atoms with Gasteiger partial charge in [0.25, 0.3) is 0 Å². The van der Waals surface area contributed by atoms with Crippen LogP contribution in [0.2, 0.25) is 0 Å². The third-order valence-electron chi connectivity index (χ3n) is 4.41. The predicted octanol–water partition coefficient (Wildman–Crippen LogP) is 2.43. The van der Waals surface area contributed by atoms with Gasteiger partial charge in [-0.2, -0.15) is 0 Å². The minimum absolute atomic E-state index is 0.151. The topological polar surface area (TPSA) is 78.4 Å². The van der Waals surface area contributed by atoms with Crippen molar-refractivity contribution in [2.75, 3.05) is 6.54 Å². The number of amides is 2. The van der Waals surface area contributed by atoms with Crippen LogP contribution >= 0.6 is 0 Å². The first-order valence-electron chi connectivity index (χ1n) is 7.51. The summed E-state index contributed by atoms with van der Waals surface area (Å²) in [6.07, 6.45) is 11.1. The quantitative estimate of drug-likeness (QED) is 0.677. The highest BCUT2D eigenvalue weighted by Gasteiger charge is 2.34. The molecule has 0 aliphatic heterocycles. The van der Waals surface area contributed by atoms with Crippen molar-refractivity contribution in [3.8, 4) is 0 Å². The fourth-order valence-electron chi connectivity index (χ4n) is 3.28. The standard InChI is InChI=1S/C15H24N2O3/c18-13(19)10-15(8-4-1-5-9-15)11-16-14(20)17-12-6-2-3-7-12/h2-3,12H,1,4-11H2,(H,18,19)(H2,16,17,20). The molecule has 112 valence electrons. The summed E-state index contributed by atoms with van der Waals surface area (Å²) in [6.45, 7) is 0.464. The van der Waals surface area contributed by atoms with E-state index in [9.17, 15) is 9.59 Å². The van der Waals surface area contributed by atoms with E-state index in [1.54, 1.807) is 0 Å². The van der Waals surface area contributed by atoms with Gasteiger partial charge in [0.15, 0.2) is 0 Å². The minimum atomic E-state index is -0.769. The van der Waals surface area contributed by atoms with Crippen molar-refractivity contribution in [1.82, 2.24) is 10.6 Å². The summed E-state index contributed by atoms with van der Waals surface area (Å²) in [5, 5.41) is 14.9. The SMILES string of the molecule is O=C(O)CC1(CNC(=O)NC2CC=CC2)CCCCC1. The first-order valence-corrected chi connectivity index (χ1v) is 7.51. The van der Waals surface area contributed by atoms with Gasteiger partial charge in [0.05, 0.1) is 6.42 Å². The molecular formula is C15H24N2O3. The van der Waals surface area contributed by atoms with Crippen molar-refractivity contribution in [3.05, 3.63) is 12.2 Å². The normalized spacial score (nSPS) is 21.6. The Morgan fingerprint density at radius 2 is 1.80 bits per heavy atom. The summed E-state index contributed by atoms with van der Waals surface area (Å²) in [5.41, 5.74) is -0.255. The summed E-state index contributed by atoms with van der Waals surface area (Å²) in [4.78, 5) is 22.9. The van der Waals surface area contributed by atoms with Crippen molar-refractivity contribution in [2.45, 2.75) is 57.4 Å². The third-order valence-corrected chi connectivity index (χ3v) is 4.41. The lowest BCUT2D eigenvalue weighted by atomic mass is 9.72. The maximum absolute atomic E-state index is 11.9. The van der Waals surface area contributed by atoms with Crippen LogP contribution in [0.4, 0.5) is 4.79 Å². The molecule has 20 heavy (non-hydrogen) atoms. The van der Waals surface area contributed by atoms with Crippen LogP contribution in [0.3, 0.4) is 0 Å².